The Morgan fingerprint density at radius 3 is 2.78 bits per heavy atom. The highest BCUT2D eigenvalue weighted by molar-refractivity contribution is 6.03. The van der Waals surface area contributed by atoms with Gasteiger partial charge in [0.05, 0.1) is 12.2 Å². The quantitative estimate of drug-likeness (QED) is 0.750. The molecule has 27 heavy (non-hydrogen) atoms. The van der Waals surface area contributed by atoms with Crippen LogP contribution in [0.4, 0.5) is 5.69 Å². The molecule has 6 heteroatoms. The molecule has 0 spiro atoms. The minimum absolute atomic E-state index is 0.225. The van der Waals surface area contributed by atoms with Crippen LogP contribution in [0.1, 0.15) is 38.4 Å². The van der Waals surface area contributed by atoms with Gasteiger partial charge < -0.3 is 10.6 Å². The number of aryl methyl sites for hydroxylation is 1. The van der Waals surface area contributed by atoms with E-state index in [0.29, 0.717) is 12.2 Å². The van der Waals surface area contributed by atoms with Crippen LogP contribution in [-0.4, -0.2) is 27.4 Å². The molecule has 1 aromatic heterocycles. The molecule has 0 aliphatic carbocycles. The van der Waals surface area contributed by atoms with Crippen LogP contribution in [0.15, 0.2) is 42.5 Å². The fourth-order valence-electron chi connectivity index (χ4n) is 3.33. The summed E-state index contributed by atoms with van der Waals surface area (Å²) in [4.78, 5) is 12.7. The van der Waals surface area contributed by atoms with Crippen molar-refractivity contribution >= 4 is 11.6 Å². The number of fused-ring (bicyclic) bond motifs is 1. The molecule has 2 aromatic carbocycles. The summed E-state index contributed by atoms with van der Waals surface area (Å²) in [5.41, 5.74) is 6.84. The third-order valence-electron chi connectivity index (χ3n) is 5.00. The van der Waals surface area contributed by atoms with E-state index < -0.39 is 0 Å². The molecular formula is C21H23N5O. The van der Waals surface area contributed by atoms with E-state index in [0.717, 1.165) is 36.5 Å². The van der Waals surface area contributed by atoms with Crippen LogP contribution in [0.5, 0.6) is 0 Å². The first kappa shape index (κ1) is 17.4. The molecule has 0 atom stereocenters. The number of carbonyl (C=O) groups is 1. The second-order valence-electron chi connectivity index (χ2n) is 7.03. The highest BCUT2D eigenvalue weighted by atomic mass is 16.2. The molecule has 0 unspecified atom stereocenters. The maximum atomic E-state index is 12.7. The Hall–Kier alpha value is -2.99. The van der Waals surface area contributed by atoms with E-state index in [4.69, 9.17) is 0 Å². The van der Waals surface area contributed by atoms with Gasteiger partial charge in [-0.05, 0) is 55.6 Å². The lowest BCUT2D eigenvalue weighted by Crippen LogP contribution is -2.23. The Bertz CT molecular complexity index is 975. The molecule has 6 nitrogen and oxygen atoms in total. The van der Waals surface area contributed by atoms with E-state index in [9.17, 15) is 4.79 Å². The first-order chi connectivity index (χ1) is 13.1. The third kappa shape index (κ3) is 3.75. The topological polar surface area (TPSA) is 71.8 Å². The summed E-state index contributed by atoms with van der Waals surface area (Å²) in [6.07, 6.45) is 0.977. The van der Waals surface area contributed by atoms with Gasteiger partial charge in [0.15, 0.2) is 5.69 Å². The Kier molecular flexibility index (Phi) is 4.73. The van der Waals surface area contributed by atoms with Gasteiger partial charge in [-0.15, -0.1) is 5.10 Å². The molecule has 0 saturated heterocycles. The molecule has 4 rings (SSSR count). The monoisotopic (exact) mass is 361 g/mol. The molecule has 0 bridgehead atoms. The number of hydrogen-bond acceptors (Lipinski definition) is 4. The number of rotatable bonds is 4. The highest BCUT2D eigenvalue weighted by Gasteiger charge is 2.18. The predicted molar refractivity (Wildman–Crippen MR) is 105 cm³/mol. The van der Waals surface area contributed by atoms with E-state index >= 15 is 0 Å². The molecule has 1 aliphatic heterocycles. The van der Waals surface area contributed by atoms with Crippen molar-refractivity contribution in [3.63, 3.8) is 0 Å². The molecule has 3 aromatic rings. The number of aromatic nitrogens is 3. The zero-order chi connectivity index (χ0) is 18.8. The number of hydrogen-bond donors (Lipinski definition) is 2. The summed E-state index contributed by atoms with van der Waals surface area (Å²) in [6.45, 7) is 6.39. The van der Waals surface area contributed by atoms with Crippen LogP contribution in [0.3, 0.4) is 0 Å². The average Bonchev–Trinajstić information content (AvgIpc) is 3.04. The molecular weight excluding hydrogens is 338 g/mol. The van der Waals surface area contributed by atoms with Gasteiger partial charge in [0.1, 0.15) is 0 Å². The number of nitrogens with zero attached hydrogens (tertiary/aromatic N) is 3. The fourth-order valence-corrected chi connectivity index (χ4v) is 3.33. The smallest absolute Gasteiger partial charge is 0.278 e. The summed E-state index contributed by atoms with van der Waals surface area (Å²) in [5.74, 6) is -0.225. The van der Waals surface area contributed by atoms with Crippen LogP contribution >= 0.6 is 0 Å². The van der Waals surface area contributed by atoms with E-state index in [1.165, 1.54) is 16.7 Å². The van der Waals surface area contributed by atoms with Gasteiger partial charge in [-0.3, -0.25) is 4.79 Å². The second-order valence-corrected chi connectivity index (χ2v) is 7.03. The average molecular weight is 361 g/mol. The van der Waals surface area contributed by atoms with E-state index in [1.54, 1.807) is 4.68 Å². The van der Waals surface area contributed by atoms with Crippen molar-refractivity contribution in [2.75, 3.05) is 11.9 Å². The fraction of sp³-hybridized carbons (Fsp3) is 0.286. The Morgan fingerprint density at radius 2 is 1.96 bits per heavy atom. The minimum Gasteiger partial charge on any atom is -0.321 e. The third-order valence-corrected chi connectivity index (χ3v) is 5.00. The molecule has 1 amide bonds. The van der Waals surface area contributed by atoms with Crippen molar-refractivity contribution in [2.24, 2.45) is 0 Å². The van der Waals surface area contributed by atoms with Gasteiger partial charge in [0.25, 0.3) is 5.91 Å². The Labute approximate surface area is 158 Å². The van der Waals surface area contributed by atoms with Gasteiger partial charge in [-0.1, -0.05) is 41.1 Å². The lowest BCUT2D eigenvalue weighted by atomic mass is 10.0. The Morgan fingerprint density at radius 1 is 1.15 bits per heavy atom. The molecule has 1 aliphatic rings. The van der Waals surface area contributed by atoms with Crippen LogP contribution in [0.25, 0.3) is 0 Å². The zero-order valence-electron chi connectivity index (χ0n) is 15.6. The zero-order valence-corrected chi connectivity index (χ0v) is 15.6. The van der Waals surface area contributed by atoms with Crippen molar-refractivity contribution in [1.29, 1.82) is 0 Å². The van der Waals surface area contributed by atoms with Crippen molar-refractivity contribution in [3.8, 4) is 0 Å². The van der Waals surface area contributed by atoms with E-state index in [2.05, 4.69) is 64.3 Å². The van der Waals surface area contributed by atoms with Gasteiger partial charge in [0, 0.05) is 12.2 Å². The predicted octanol–water partition coefficient (Wildman–Crippen LogP) is 2.84. The van der Waals surface area contributed by atoms with Gasteiger partial charge in [-0.25, -0.2) is 4.68 Å². The number of nitrogens with one attached hydrogen (secondary N) is 2. The summed E-state index contributed by atoms with van der Waals surface area (Å²) < 4.78 is 1.76. The normalized spacial score (nSPS) is 13.3. The van der Waals surface area contributed by atoms with Crippen molar-refractivity contribution in [1.82, 2.24) is 20.3 Å². The van der Waals surface area contributed by atoms with Crippen molar-refractivity contribution < 1.29 is 4.79 Å². The maximum Gasteiger partial charge on any atom is 0.278 e. The number of anilines is 1. The first-order valence-electron chi connectivity index (χ1n) is 9.19. The molecule has 0 radical (unpaired) electrons. The standard InChI is InChI=1S/C21H23N5O/c1-14-3-5-16(6-4-14)13-26-15(2)20(24-25-26)21(27)23-19-8-7-18-12-22-10-9-17(18)11-19/h3-8,11,22H,9-10,12-13H2,1-2H3,(H,23,27). The lowest BCUT2D eigenvalue weighted by molar-refractivity contribution is 0.102. The molecule has 0 saturated carbocycles. The highest BCUT2D eigenvalue weighted by Crippen LogP contribution is 2.20. The van der Waals surface area contributed by atoms with Crippen LogP contribution in [0.2, 0.25) is 0 Å². The number of amides is 1. The van der Waals surface area contributed by atoms with E-state index in [-0.39, 0.29) is 5.91 Å². The maximum absolute atomic E-state index is 12.7. The summed E-state index contributed by atoms with van der Waals surface area (Å²) in [5, 5.41) is 14.6. The second kappa shape index (κ2) is 7.32. The molecule has 2 N–H and O–H groups in total. The van der Waals surface area contributed by atoms with E-state index in [1.807, 2.05) is 13.0 Å². The van der Waals surface area contributed by atoms with Crippen LogP contribution in [0, 0.1) is 13.8 Å². The van der Waals surface area contributed by atoms with Crippen molar-refractivity contribution in [3.05, 3.63) is 76.1 Å². The largest absolute Gasteiger partial charge is 0.321 e. The number of carbonyl (C=O) groups excluding carboxylic acids is 1. The molecule has 0 fully saturated rings. The van der Waals surface area contributed by atoms with Gasteiger partial charge in [0.2, 0.25) is 0 Å². The molecule has 2 heterocycles. The summed E-state index contributed by atoms with van der Waals surface area (Å²) >= 11 is 0. The van der Waals surface area contributed by atoms with Gasteiger partial charge in [-0.2, -0.15) is 0 Å². The summed E-state index contributed by atoms with van der Waals surface area (Å²) in [7, 11) is 0. The minimum atomic E-state index is -0.225. The molecule has 138 valence electrons. The SMILES string of the molecule is Cc1ccc(Cn2nnc(C(=O)Nc3ccc4c(c3)CCNC4)c2C)cc1. The number of benzene rings is 2. The van der Waals surface area contributed by atoms with Crippen LogP contribution in [-0.2, 0) is 19.5 Å². The lowest BCUT2D eigenvalue weighted by Gasteiger charge is -2.18. The van der Waals surface area contributed by atoms with Crippen LogP contribution < -0.4 is 10.6 Å². The Balaban J connectivity index is 1.49. The first-order valence-corrected chi connectivity index (χ1v) is 9.19. The summed E-state index contributed by atoms with van der Waals surface area (Å²) in [6, 6.07) is 14.3. The van der Waals surface area contributed by atoms with Crippen molar-refractivity contribution in [2.45, 2.75) is 33.4 Å². The van der Waals surface area contributed by atoms with Gasteiger partial charge >= 0.3 is 0 Å².